The summed E-state index contributed by atoms with van der Waals surface area (Å²) in [6, 6.07) is 24.9. The molecule has 0 aliphatic rings. The fraction of sp³-hybridized carbons (Fsp3) is 0.0833. The van der Waals surface area contributed by atoms with Crippen molar-refractivity contribution in [1.29, 1.82) is 0 Å². The van der Waals surface area contributed by atoms with Crippen LogP contribution in [0.4, 0.5) is 16.2 Å². The molecule has 6 nitrogen and oxygen atoms in total. The summed E-state index contributed by atoms with van der Waals surface area (Å²) in [6.07, 6.45) is 1.35. The lowest BCUT2D eigenvalue weighted by atomic mass is 10.1. The van der Waals surface area contributed by atoms with Crippen LogP contribution in [0.3, 0.4) is 0 Å². The van der Waals surface area contributed by atoms with Crippen LogP contribution in [0.15, 0.2) is 85.1 Å². The number of benzene rings is 3. The summed E-state index contributed by atoms with van der Waals surface area (Å²) < 4.78 is 6.66. The van der Waals surface area contributed by atoms with Gasteiger partial charge in [0.25, 0.3) is 5.91 Å². The third-order valence-corrected chi connectivity index (χ3v) is 4.80. The van der Waals surface area contributed by atoms with Crippen molar-refractivity contribution in [3.63, 3.8) is 0 Å². The van der Waals surface area contributed by atoms with Gasteiger partial charge in [0, 0.05) is 35.0 Å². The van der Waals surface area contributed by atoms with Crippen molar-refractivity contribution in [2.45, 2.75) is 6.54 Å². The first kappa shape index (κ1) is 19.3. The molecule has 0 radical (unpaired) electrons. The molecule has 0 aliphatic heterocycles. The summed E-state index contributed by atoms with van der Waals surface area (Å²) in [5, 5.41) is 6.40. The lowest BCUT2D eigenvalue weighted by Gasteiger charge is -2.07. The van der Waals surface area contributed by atoms with E-state index < -0.39 is 6.09 Å². The molecule has 4 aromatic rings. The SMILES string of the molecule is COC(=O)Nc1ccc(NC(=O)c2cn(Cc3ccccc3)c3ccccc23)cc1. The first-order chi connectivity index (χ1) is 14.6. The van der Waals surface area contributed by atoms with E-state index >= 15 is 0 Å². The maximum atomic E-state index is 13.0. The maximum absolute atomic E-state index is 13.0. The van der Waals surface area contributed by atoms with Crippen LogP contribution in [0.5, 0.6) is 0 Å². The predicted octanol–water partition coefficient (Wildman–Crippen LogP) is 5.12. The molecule has 0 spiro atoms. The Bertz CT molecular complexity index is 1180. The molecule has 30 heavy (non-hydrogen) atoms. The normalized spacial score (nSPS) is 10.6. The monoisotopic (exact) mass is 399 g/mol. The van der Waals surface area contributed by atoms with Crippen LogP contribution in [-0.4, -0.2) is 23.7 Å². The van der Waals surface area contributed by atoms with Crippen LogP contribution in [0.25, 0.3) is 10.9 Å². The van der Waals surface area contributed by atoms with E-state index in [1.54, 1.807) is 24.3 Å². The Morgan fingerprint density at radius 3 is 2.17 bits per heavy atom. The van der Waals surface area contributed by atoms with Gasteiger partial charge in [0.05, 0.1) is 12.7 Å². The van der Waals surface area contributed by atoms with Gasteiger partial charge >= 0.3 is 6.09 Å². The van der Waals surface area contributed by atoms with Gasteiger partial charge in [0.2, 0.25) is 0 Å². The highest BCUT2D eigenvalue weighted by atomic mass is 16.5. The van der Waals surface area contributed by atoms with Crippen LogP contribution in [-0.2, 0) is 11.3 Å². The number of ether oxygens (including phenoxy) is 1. The minimum atomic E-state index is -0.544. The molecule has 6 heteroatoms. The van der Waals surface area contributed by atoms with Gasteiger partial charge in [-0.15, -0.1) is 0 Å². The lowest BCUT2D eigenvalue weighted by Crippen LogP contribution is -2.12. The molecular weight excluding hydrogens is 378 g/mol. The molecule has 0 saturated carbocycles. The molecule has 1 heterocycles. The van der Waals surface area contributed by atoms with E-state index in [1.165, 1.54) is 12.7 Å². The molecule has 1 aromatic heterocycles. The van der Waals surface area contributed by atoms with E-state index in [-0.39, 0.29) is 5.91 Å². The van der Waals surface area contributed by atoms with Crippen molar-refractivity contribution in [3.8, 4) is 0 Å². The number of hydrogen-bond acceptors (Lipinski definition) is 3. The summed E-state index contributed by atoms with van der Waals surface area (Å²) in [7, 11) is 1.30. The average Bonchev–Trinajstić information content (AvgIpc) is 3.14. The summed E-state index contributed by atoms with van der Waals surface area (Å²) >= 11 is 0. The van der Waals surface area contributed by atoms with Crippen molar-refractivity contribution >= 4 is 34.3 Å². The highest BCUT2D eigenvalue weighted by Crippen LogP contribution is 2.24. The van der Waals surface area contributed by atoms with E-state index in [0.717, 1.165) is 10.9 Å². The molecule has 2 N–H and O–H groups in total. The molecule has 0 saturated heterocycles. The van der Waals surface area contributed by atoms with E-state index in [4.69, 9.17) is 0 Å². The molecule has 0 unspecified atom stereocenters. The van der Waals surface area contributed by atoms with Crippen molar-refractivity contribution in [3.05, 3.63) is 96.2 Å². The van der Waals surface area contributed by atoms with Crippen LogP contribution in [0, 0.1) is 0 Å². The third-order valence-electron chi connectivity index (χ3n) is 4.80. The fourth-order valence-corrected chi connectivity index (χ4v) is 3.34. The molecule has 0 fully saturated rings. The molecule has 2 amide bonds. The van der Waals surface area contributed by atoms with Crippen molar-refractivity contribution in [2.75, 3.05) is 17.7 Å². The molecular formula is C24H21N3O3. The number of nitrogens with one attached hydrogen (secondary N) is 2. The number of aromatic nitrogens is 1. The quantitative estimate of drug-likeness (QED) is 0.489. The van der Waals surface area contributed by atoms with Crippen LogP contribution in [0.2, 0.25) is 0 Å². The summed E-state index contributed by atoms with van der Waals surface area (Å²) in [5.41, 5.74) is 4.00. The first-order valence-electron chi connectivity index (χ1n) is 9.52. The maximum Gasteiger partial charge on any atom is 0.411 e. The molecule has 150 valence electrons. The molecule has 4 rings (SSSR count). The Balaban J connectivity index is 1.57. The van der Waals surface area contributed by atoms with E-state index in [0.29, 0.717) is 23.5 Å². The minimum absolute atomic E-state index is 0.188. The van der Waals surface area contributed by atoms with Gasteiger partial charge < -0.3 is 14.6 Å². The Hall–Kier alpha value is -4.06. The lowest BCUT2D eigenvalue weighted by molar-refractivity contribution is 0.102. The second-order valence-corrected chi connectivity index (χ2v) is 6.82. The number of fused-ring (bicyclic) bond motifs is 1. The highest BCUT2D eigenvalue weighted by Gasteiger charge is 2.15. The third kappa shape index (κ3) is 4.17. The fourth-order valence-electron chi connectivity index (χ4n) is 3.34. The zero-order valence-corrected chi connectivity index (χ0v) is 16.5. The zero-order chi connectivity index (χ0) is 20.9. The number of para-hydroxylation sites is 1. The standard InChI is InChI=1S/C24H21N3O3/c1-30-24(29)26-19-13-11-18(12-14-19)25-23(28)21-16-27(15-17-7-3-2-4-8-17)22-10-6-5-9-20(21)22/h2-14,16H,15H2,1H3,(H,25,28)(H,26,29). The Morgan fingerprint density at radius 1 is 0.833 bits per heavy atom. The number of hydrogen-bond donors (Lipinski definition) is 2. The smallest absolute Gasteiger partial charge is 0.411 e. The first-order valence-corrected chi connectivity index (χ1v) is 9.52. The van der Waals surface area contributed by atoms with Gasteiger partial charge in [-0.05, 0) is 35.9 Å². The largest absolute Gasteiger partial charge is 0.453 e. The molecule has 0 bridgehead atoms. The number of amides is 2. The van der Waals surface area contributed by atoms with Crippen LogP contribution in [0.1, 0.15) is 15.9 Å². The van der Waals surface area contributed by atoms with Crippen molar-refractivity contribution in [1.82, 2.24) is 4.57 Å². The van der Waals surface area contributed by atoms with Gasteiger partial charge in [0.1, 0.15) is 0 Å². The zero-order valence-electron chi connectivity index (χ0n) is 16.5. The molecule has 3 aromatic carbocycles. The summed E-state index contributed by atoms with van der Waals surface area (Å²) in [4.78, 5) is 24.3. The summed E-state index contributed by atoms with van der Waals surface area (Å²) in [6.45, 7) is 0.683. The van der Waals surface area contributed by atoms with E-state index in [1.807, 2.05) is 48.7 Å². The van der Waals surface area contributed by atoms with Crippen LogP contribution >= 0.6 is 0 Å². The Labute approximate surface area is 174 Å². The summed E-state index contributed by atoms with van der Waals surface area (Å²) in [5.74, 6) is -0.188. The van der Waals surface area contributed by atoms with Gasteiger partial charge in [0.15, 0.2) is 0 Å². The number of anilines is 2. The van der Waals surface area contributed by atoms with Gasteiger partial charge in [-0.2, -0.15) is 0 Å². The number of carbonyl (C=O) groups excluding carboxylic acids is 2. The van der Waals surface area contributed by atoms with E-state index in [2.05, 4.69) is 32.1 Å². The predicted molar refractivity (Wildman–Crippen MR) is 118 cm³/mol. The van der Waals surface area contributed by atoms with Gasteiger partial charge in [-0.1, -0.05) is 48.5 Å². The molecule has 0 atom stereocenters. The molecule has 0 aliphatic carbocycles. The topological polar surface area (TPSA) is 72.4 Å². The van der Waals surface area contributed by atoms with Gasteiger partial charge in [-0.25, -0.2) is 4.79 Å². The van der Waals surface area contributed by atoms with Crippen LogP contribution < -0.4 is 10.6 Å². The minimum Gasteiger partial charge on any atom is -0.453 e. The Kier molecular flexibility index (Phi) is 5.48. The van der Waals surface area contributed by atoms with Crippen molar-refractivity contribution in [2.24, 2.45) is 0 Å². The number of rotatable bonds is 5. The second kappa shape index (κ2) is 8.53. The second-order valence-electron chi connectivity index (χ2n) is 6.82. The average molecular weight is 399 g/mol. The number of nitrogens with zero attached hydrogens (tertiary/aromatic N) is 1. The van der Waals surface area contributed by atoms with Gasteiger partial charge in [-0.3, -0.25) is 10.1 Å². The highest BCUT2D eigenvalue weighted by molar-refractivity contribution is 6.13. The van der Waals surface area contributed by atoms with Crippen molar-refractivity contribution < 1.29 is 14.3 Å². The number of carbonyl (C=O) groups is 2. The van der Waals surface area contributed by atoms with E-state index in [9.17, 15) is 9.59 Å². The Morgan fingerprint density at radius 2 is 1.47 bits per heavy atom. The number of methoxy groups -OCH3 is 1.